The van der Waals surface area contributed by atoms with E-state index in [4.69, 9.17) is 0 Å². The summed E-state index contributed by atoms with van der Waals surface area (Å²) in [5.74, 6) is 0.538. The Morgan fingerprint density at radius 3 is 2.76 bits per heavy atom. The first-order valence-corrected chi connectivity index (χ1v) is 8.88. The summed E-state index contributed by atoms with van der Waals surface area (Å²) in [4.78, 5) is 26.9. The summed E-state index contributed by atoms with van der Waals surface area (Å²) in [6.45, 7) is 8.31. The van der Waals surface area contributed by atoms with E-state index in [0.29, 0.717) is 31.2 Å². The molecule has 2 aliphatic heterocycles. The van der Waals surface area contributed by atoms with Crippen molar-refractivity contribution in [2.75, 3.05) is 13.1 Å². The highest BCUT2D eigenvalue weighted by Gasteiger charge is 2.37. The van der Waals surface area contributed by atoms with Crippen molar-refractivity contribution in [2.45, 2.75) is 45.1 Å². The maximum Gasteiger partial charge on any atom is 0.274 e. The van der Waals surface area contributed by atoms with Crippen molar-refractivity contribution in [1.82, 2.24) is 19.7 Å². The molecule has 2 atom stereocenters. The van der Waals surface area contributed by atoms with Gasteiger partial charge in [0.1, 0.15) is 5.69 Å². The van der Waals surface area contributed by atoms with Crippen LogP contribution in [0.15, 0.2) is 29.1 Å². The van der Waals surface area contributed by atoms with E-state index in [1.807, 2.05) is 27.7 Å². The molecule has 2 bridgehead atoms. The first kappa shape index (κ1) is 16.1. The van der Waals surface area contributed by atoms with Crippen LogP contribution in [0.5, 0.6) is 0 Å². The first-order chi connectivity index (χ1) is 11.8. The van der Waals surface area contributed by atoms with Gasteiger partial charge in [-0.25, -0.2) is 0 Å². The lowest BCUT2D eigenvalue weighted by molar-refractivity contribution is 0.0588. The number of rotatable bonds is 1. The molecule has 0 aliphatic carbocycles. The zero-order valence-corrected chi connectivity index (χ0v) is 15.0. The number of pyridine rings is 1. The maximum atomic E-state index is 12.9. The number of aromatic amines is 1. The van der Waals surface area contributed by atoms with Gasteiger partial charge in [0.2, 0.25) is 0 Å². The number of amides is 1. The van der Waals surface area contributed by atoms with Gasteiger partial charge in [0, 0.05) is 48.4 Å². The minimum atomic E-state index is -0.0654. The first-order valence-electron chi connectivity index (χ1n) is 8.88. The Morgan fingerprint density at radius 2 is 2.04 bits per heavy atom. The Bertz CT molecular complexity index is 874. The van der Waals surface area contributed by atoms with Crippen molar-refractivity contribution in [2.24, 2.45) is 5.92 Å². The number of H-pyrrole nitrogens is 1. The van der Waals surface area contributed by atoms with Crippen LogP contribution in [0.1, 0.15) is 55.0 Å². The number of hydrogen-bond donors (Lipinski definition) is 1. The second-order valence-corrected chi connectivity index (χ2v) is 8.33. The molecule has 2 aromatic heterocycles. The minimum Gasteiger partial charge on any atom is -0.336 e. The predicted molar refractivity (Wildman–Crippen MR) is 94.7 cm³/mol. The zero-order chi connectivity index (χ0) is 17.8. The number of nitrogens with zero attached hydrogens (tertiary/aromatic N) is 3. The lowest BCUT2D eigenvalue weighted by atomic mass is 9.83. The van der Waals surface area contributed by atoms with Gasteiger partial charge in [-0.05, 0) is 24.5 Å². The van der Waals surface area contributed by atoms with Crippen molar-refractivity contribution in [3.8, 4) is 0 Å². The van der Waals surface area contributed by atoms with E-state index in [2.05, 4.69) is 31.0 Å². The summed E-state index contributed by atoms with van der Waals surface area (Å²) in [5.41, 5.74) is 2.50. The number of nitrogens with one attached hydrogen (secondary N) is 1. The Balaban J connectivity index is 1.59. The van der Waals surface area contributed by atoms with Gasteiger partial charge in [-0.2, -0.15) is 5.10 Å². The molecule has 25 heavy (non-hydrogen) atoms. The molecule has 1 saturated heterocycles. The average Bonchev–Trinajstić information content (AvgIpc) is 3.05. The topological polar surface area (TPSA) is 71.0 Å². The fourth-order valence-electron chi connectivity index (χ4n) is 4.04. The molecule has 0 aromatic carbocycles. The molecule has 132 valence electrons. The van der Waals surface area contributed by atoms with Gasteiger partial charge in [0.05, 0.1) is 0 Å². The molecule has 2 aromatic rings. The van der Waals surface area contributed by atoms with E-state index in [0.717, 1.165) is 17.8 Å². The van der Waals surface area contributed by atoms with Crippen LogP contribution in [0.25, 0.3) is 0 Å². The van der Waals surface area contributed by atoms with Crippen molar-refractivity contribution in [1.29, 1.82) is 0 Å². The largest absolute Gasteiger partial charge is 0.336 e. The van der Waals surface area contributed by atoms with Crippen LogP contribution in [0.3, 0.4) is 0 Å². The fraction of sp³-hybridized carbons (Fsp3) is 0.526. The van der Waals surface area contributed by atoms with Crippen LogP contribution in [0, 0.1) is 5.92 Å². The lowest BCUT2D eigenvalue weighted by Gasteiger charge is -2.42. The number of hydrogen-bond acceptors (Lipinski definition) is 3. The highest BCUT2D eigenvalue weighted by atomic mass is 16.2. The fourth-order valence-corrected chi connectivity index (χ4v) is 4.04. The zero-order valence-electron chi connectivity index (χ0n) is 15.0. The van der Waals surface area contributed by atoms with Gasteiger partial charge in [0.25, 0.3) is 11.5 Å². The average molecular weight is 340 g/mol. The van der Waals surface area contributed by atoms with E-state index in [9.17, 15) is 9.59 Å². The monoisotopic (exact) mass is 340 g/mol. The lowest BCUT2D eigenvalue weighted by Crippen LogP contribution is -2.49. The van der Waals surface area contributed by atoms with Gasteiger partial charge in [-0.1, -0.05) is 26.8 Å². The van der Waals surface area contributed by atoms with E-state index in [-0.39, 0.29) is 22.8 Å². The Labute approximate surface area is 146 Å². The molecular formula is C19H24N4O2. The standard InChI is InChI=1S/C19H24N4O2/c1-19(2,3)16-8-14(20-21-16)18(25)22-9-12-7-13(11-22)15-5-4-6-17(24)23(15)10-12/h4-6,8,12-13H,7,9-11H2,1-3H3,(H,20,21). The summed E-state index contributed by atoms with van der Waals surface area (Å²) in [7, 11) is 0. The molecule has 0 radical (unpaired) electrons. The van der Waals surface area contributed by atoms with Crippen molar-refractivity contribution >= 4 is 5.91 Å². The Hall–Kier alpha value is -2.37. The molecule has 2 unspecified atom stereocenters. The number of fused-ring (bicyclic) bond motifs is 4. The number of likely N-dealkylation sites (tertiary alicyclic amines) is 1. The Morgan fingerprint density at radius 1 is 1.24 bits per heavy atom. The van der Waals surface area contributed by atoms with E-state index in [1.54, 1.807) is 6.07 Å². The van der Waals surface area contributed by atoms with E-state index >= 15 is 0 Å². The van der Waals surface area contributed by atoms with Crippen LogP contribution in [0.4, 0.5) is 0 Å². The maximum absolute atomic E-state index is 12.9. The van der Waals surface area contributed by atoms with Gasteiger partial charge in [0.15, 0.2) is 0 Å². The summed E-state index contributed by atoms with van der Waals surface area (Å²) >= 11 is 0. The molecule has 1 fully saturated rings. The molecule has 4 heterocycles. The summed E-state index contributed by atoms with van der Waals surface area (Å²) in [6.07, 6.45) is 1.04. The van der Waals surface area contributed by atoms with Crippen LogP contribution >= 0.6 is 0 Å². The van der Waals surface area contributed by atoms with Gasteiger partial charge in [-0.3, -0.25) is 14.7 Å². The highest BCUT2D eigenvalue weighted by molar-refractivity contribution is 5.92. The Kier molecular flexibility index (Phi) is 3.60. The normalized spacial score (nSPS) is 22.6. The van der Waals surface area contributed by atoms with E-state index in [1.165, 1.54) is 0 Å². The van der Waals surface area contributed by atoms with Crippen LogP contribution in [-0.2, 0) is 12.0 Å². The second kappa shape index (κ2) is 5.58. The number of piperidine rings is 1. The van der Waals surface area contributed by atoms with Gasteiger partial charge in [-0.15, -0.1) is 0 Å². The molecule has 1 amide bonds. The number of carbonyl (C=O) groups excluding carboxylic acids is 1. The molecule has 4 rings (SSSR count). The smallest absolute Gasteiger partial charge is 0.274 e. The molecule has 0 saturated carbocycles. The quantitative estimate of drug-likeness (QED) is 0.864. The molecule has 6 heteroatoms. The molecular weight excluding hydrogens is 316 g/mol. The number of aromatic nitrogens is 3. The highest BCUT2D eigenvalue weighted by Crippen LogP contribution is 2.35. The summed E-state index contributed by atoms with van der Waals surface area (Å²) in [6, 6.07) is 7.32. The van der Waals surface area contributed by atoms with Gasteiger partial charge >= 0.3 is 0 Å². The SMILES string of the molecule is CC(C)(C)c1cc(C(=O)N2CC3CC(C2)c2cccc(=O)n2C3)n[nH]1. The molecule has 0 spiro atoms. The molecule has 1 N–H and O–H groups in total. The van der Waals surface area contributed by atoms with Crippen molar-refractivity contribution in [3.05, 3.63) is 51.7 Å². The third-order valence-electron chi connectivity index (χ3n) is 5.37. The summed E-state index contributed by atoms with van der Waals surface area (Å²) in [5, 5.41) is 7.23. The van der Waals surface area contributed by atoms with Crippen LogP contribution in [-0.4, -0.2) is 38.7 Å². The third-order valence-corrected chi connectivity index (χ3v) is 5.37. The second-order valence-electron chi connectivity index (χ2n) is 8.33. The molecule has 2 aliphatic rings. The third kappa shape index (κ3) is 2.79. The molecule has 6 nitrogen and oxygen atoms in total. The van der Waals surface area contributed by atoms with Crippen LogP contribution < -0.4 is 5.56 Å². The van der Waals surface area contributed by atoms with Crippen molar-refractivity contribution < 1.29 is 4.79 Å². The summed E-state index contributed by atoms with van der Waals surface area (Å²) < 4.78 is 1.88. The van der Waals surface area contributed by atoms with Crippen LogP contribution in [0.2, 0.25) is 0 Å². The predicted octanol–water partition coefficient (Wildman–Crippen LogP) is 2.13. The van der Waals surface area contributed by atoms with E-state index < -0.39 is 0 Å². The number of carbonyl (C=O) groups is 1. The van der Waals surface area contributed by atoms with Gasteiger partial charge < -0.3 is 9.47 Å². The van der Waals surface area contributed by atoms with Crippen molar-refractivity contribution in [3.63, 3.8) is 0 Å². The minimum absolute atomic E-state index is 0.0202.